The number of amides is 3. The minimum atomic E-state index is -0.513. The molecule has 0 radical (unpaired) electrons. The van der Waals surface area contributed by atoms with Gasteiger partial charge in [-0.2, -0.15) is 0 Å². The van der Waals surface area contributed by atoms with Crippen molar-refractivity contribution >= 4 is 35.1 Å². The largest absolute Gasteiger partial charge is 0.332 e. The quantitative estimate of drug-likeness (QED) is 0.809. The Bertz CT molecular complexity index is 835. The minimum absolute atomic E-state index is 0.0186. The maximum atomic E-state index is 13.2. The summed E-state index contributed by atoms with van der Waals surface area (Å²) in [5.74, 6) is -0.0186. The second-order valence-electron chi connectivity index (χ2n) is 7.60. The summed E-state index contributed by atoms with van der Waals surface area (Å²) in [7, 11) is 1.71. The lowest BCUT2D eigenvalue weighted by atomic mass is 9.96. The van der Waals surface area contributed by atoms with Crippen LogP contribution >= 0.6 is 23.2 Å². The van der Waals surface area contributed by atoms with Gasteiger partial charge in [-0.15, -0.1) is 0 Å². The van der Waals surface area contributed by atoms with Crippen molar-refractivity contribution < 1.29 is 9.59 Å². The number of nitrogens with one attached hydrogen (secondary N) is 1. The van der Waals surface area contributed by atoms with Crippen LogP contribution in [0.3, 0.4) is 0 Å². The standard InChI is InChI=1S/C20H24Cl2N4O2/c1-24-16-12-26(10-9-25-7-3-2-4-8-25)19(27)17(16)18(23-20(24)28)13-5-6-14(21)15(22)11-13/h5-6,11,18H,2-4,7-10,12H2,1H3,(H,23,28). The van der Waals surface area contributed by atoms with Crippen molar-refractivity contribution in [3.8, 4) is 0 Å². The molecule has 1 fully saturated rings. The number of carbonyl (C=O) groups excluding carboxylic acids is 2. The van der Waals surface area contributed by atoms with Crippen LogP contribution in [0.1, 0.15) is 30.9 Å². The van der Waals surface area contributed by atoms with Crippen molar-refractivity contribution in [2.75, 3.05) is 39.8 Å². The van der Waals surface area contributed by atoms with E-state index in [1.165, 1.54) is 19.3 Å². The molecule has 0 saturated carbocycles. The van der Waals surface area contributed by atoms with Gasteiger partial charge < -0.3 is 15.1 Å². The molecule has 8 heteroatoms. The van der Waals surface area contributed by atoms with Gasteiger partial charge in [0.25, 0.3) is 5.91 Å². The first-order valence-corrected chi connectivity index (χ1v) is 10.4. The van der Waals surface area contributed by atoms with Crippen LogP contribution in [0.25, 0.3) is 0 Å². The number of nitrogens with zero attached hydrogens (tertiary/aromatic N) is 3. The molecule has 1 aromatic carbocycles. The van der Waals surface area contributed by atoms with Crippen molar-refractivity contribution in [1.82, 2.24) is 20.0 Å². The average Bonchev–Trinajstić information content (AvgIpc) is 3.03. The van der Waals surface area contributed by atoms with Gasteiger partial charge in [-0.1, -0.05) is 35.7 Å². The van der Waals surface area contributed by atoms with Crippen LogP contribution in [0.2, 0.25) is 10.0 Å². The Kier molecular flexibility index (Phi) is 5.54. The zero-order chi connectivity index (χ0) is 19.8. The Morgan fingerprint density at radius 3 is 2.54 bits per heavy atom. The lowest BCUT2D eigenvalue weighted by molar-refractivity contribution is -0.126. The normalized spacial score (nSPS) is 23.3. The van der Waals surface area contributed by atoms with Gasteiger partial charge in [0.2, 0.25) is 0 Å². The van der Waals surface area contributed by atoms with E-state index in [1.54, 1.807) is 30.1 Å². The molecule has 1 atom stereocenters. The third-order valence-corrected chi connectivity index (χ3v) is 6.59. The van der Waals surface area contributed by atoms with E-state index in [1.807, 2.05) is 4.90 Å². The van der Waals surface area contributed by atoms with Crippen LogP contribution in [0, 0.1) is 0 Å². The fourth-order valence-corrected chi connectivity index (χ4v) is 4.50. The lowest BCUT2D eigenvalue weighted by Gasteiger charge is -2.31. The third-order valence-electron chi connectivity index (χ3n) is 5.85. The molecule has 0 aliphatic carbocycles. The van der Waals surface area contributed by atoms with E-state index in [9.17, 15) is 9.59 Å². The summed E-state index contributed by atoms with van der Waals surface area (Å²) >= 11 is 12.2. The summed E-state index contributed by atoms with van der Waals surface area (Å²) in [6, 6.07) is 4.48. The number of hydrogen-bond acceptors (Lipinski definition) is 3. The number of likely N-dealkylation sites (tertiary alicyclic amines) is 1. The van der Waals surface area contributed by atoms with Crippen molar-refractivity contribution in [3.05, 3.63) is 45.1 Å². The second-order valence-corrected chi connectivity index (χ2v) is 8.42. The number of carbonyl (C=O) groups is 2. The number of urea groups is 1. The molecule has 4 rings (SSSR count). The Morgan fingerprint density at radius 1 is 1.07 bits per heavy atom. The highest BCUT2D eigenvalue weighted by Gasteiger charge is 2.42. The van der Waals surface area contributed by atoms with Crippen molar-refractivity contribution in [1.29, 1.82) is 0 Å². The maximum absolute atomic E-state index is 13.2. The fourth-order valence-electron chi connectivity index (χ4n) is 4.19. The summed E-state index contributed by atoms with van der Waals surface area (Å²) in [6.07, 6.45) is 3.74. The van der Waals surface area contributed by atoms with E-state index in [-0.39, 0.29) is 11.9 Å². The summed E-state index contributed by atoms with van der Waals surface area (Å²) in [4.78, 5) is 31.5. The van der Waals surface area contributed by atoms with Crippen LogP contribution in [0.4, 0.5) is 4.79 Å². The molecule has 1 N–H and O–H groups in total. The molecular weight excluding hydrogens is 399 g/mol. The average molecular weight is 423 g/mol. The van der Waals surface area contributed by atoms with E-state index >= 15 is 0 Å². The van der Waals surface area contributed by atoms with Crippen molar-refractivity contribution in [2.45, 2.75) is 25.3 Å². The Labute approximate surface area is 175 Å². The van der Waals surface area contributed by atoms with E-state index in [4.69, 9.17) is 23.2 Å². The molecule has 3 heterocycles. The number of piperidine rings is 1. The van der Waals surface area contributed by atoms with Gasteiger partial charge in [0.15, 0.2) is 0 Å². The molecule has 3 aliphatic heterocycles. The van der Waals surface area contributed by atoms with Gasteiger partial charge in [0.1, 0.15) is 0 Å². The molecule has 3 amide bonds. The highest BCUT2D eigenvalue weighted by Crippen LogP contribution is 2.37. The molecule has 1 saturated heterocycles. The summed E-state index contributed by atoms with van der Waals surface area (Å²) < 4.78 is 0. The molecular formula is C20H24Cl2N4O2. The van der Waals surface area contributed by atoms with Crippen molar-refractivity contribution in [3.63, 3.8) is 0 Å². The summed E-state index contributed by atoms with van der Waals surface area (Å²) in [5, 5.41) is 3.78. The predicted molar refractivity (Wildman–Crippen MR) is 109 cm³/mol. The number of hydrogen-bond donors (Lipinski definition) is 1. The van der Waals surface area contributed by atoms with E-state index < -0.39 is 6.04 Å². The van der Waals surface area contributed by atoms with E-state index in [2.05, 4.69) is 10.2 Å². The molecule has 6 nitrogen and oxygen atoms in total. The van der Waals surface area contributed by atoms with Crippen molar-refractivity contribution in [2.24, 2.45) is 0 Å². The number of rotatable bonds is 4. The molecule has 1 aromatic rings. The van der Waals surface area contributed by atoms with Gasteiger partial charge in [-0.25, -0.2) is 4.79 Å². The first-order valence-electron chi connectivity index (χ1n) is 9.69. The summed E-state index contributed by atoms with van der Waals surface area (Å²) in [5.41, 5.74) is 2.15. The number of halogens is 2. The van der Waals surface area contributed by atoms with Gasteiger partial charge >= 0.3 is 6.03 Å². The molecule has 0 bridgehead atoms. The van der Waals surface area contributed by atoms with Crippen LogP contribution in [-0.4, -0.2) is 66.4 Å². The predicted octanol–water partition coefficient (Wildman–Crippen LogP) is 3.27. The Balaban J connectivity index is 1.56. The van der Waals surface area contributed by atoms with Gasteiger partial charge in [-0.05, 0) is 43.6 Å². The van der Waals surface area contributed by atoms with E-state index in [0.29, 0.717) is 28.7 Å². The zero-order valence-corrected chi connectivity index (χ0v) is 17.4. The molecule has 0 aromatic heterocycles. The van der Waals surface area contributed by atoms with Crippen LogP contribution in [-0.2, 0) is 4.79 Å². The molecule has 150 valence electrons. The fraction of sp³-hybridized carbons (Fsp3) is 0.500. The molecule has 28 heavy (non-hydrogen) atoms. The lowest BCUT2D eigenvalue weighted by Crippen LogP contribution is -2.45. The smallest absolute Gasteiger partial charge is 0.322 e. The molecule has 0 spiro atoms. The first-order chi connectivity index (χ1) is 13.5. The second kappa shape index (κ2) is 7.93. The SMILES string of the molecule is CN1C(=O)NC(c2ccc(Cl)c(Cl)c2)C2=C1CN(CCN1CCCCC1)C2=O. The Hall–Kier alpha value is -1.76. The highest BCUT2D eigenvalue weighted by molar-refractivity contribution is 6.42. The minimum Gasteiger partial charge on any atom is -0.332 e. The van der Waals surface area contributed by atoms with Crippen LogP contribution < -0.4 is 5.32 Å². The highest BCUT2D eigenvalue weighted by atomic mass is 35.5. The Morgan fingerprint density at radius 2 is 1.82 bits per heavy atom. The van der Waals surface area contributed by atoms with Crippen LogP contribution in [0.15, 0.2) is 29.5 Å². The number of benzene rings is 1. The first kappa shape index (κ1) is 19.6. The van der Waals surface area contributed by atoms with Crippen LogP contribution in [0.5, 0.6) is 0 Å². The van der Waals surface area contributed by atoms with E-state index in [0.717, 1.165) is 30.9 Å². The third kappa shape index (κ3) is 3.61. The van der Waals surface area contributed by atoms with Gasteiger partial charge in [-0.3, -0.25) is 9.69 Å². The maximum Gasteiger partial charge on any atom is 0.322 e. The summed E-state index contributed by atoms with van der Waals surface area (Å²) in [6.45, 7) is 4.20. The zero-order valence-electron chi connectivity index (χ0n) is 15.9. The molecule has 1 unspecified atom stereocenters. The van der Waals surface area contributed by atoms with Gasteiger partial charge in [0, 0.05) is 20.1 Å². The topological polar surface area (TPSA) is 55.9 Å². The van der Waals surface area contributed by atoms with Gasteiger partial charge in [0.05, 0.1) is 33.9 Å². The monoisotopic (exact) mass is 422 g/mol. The number of likely N-dealkylation sites (N-methyl/N-ethyl adjacent to an activating group) is 1. The molecule has 3 aliphatic rings.